The van der Waals surface area contributed by atoms with E-state index >= 15 is 0 Å². The predicted octanol–water partition coefficient (Wildman–Crippen LogP) is 3.44. The number of carbonyl (C=O) groups is 1. The van der Waals surface area contributed by atoms with Gasteiger partial charge >= 0.3 is 5.97 Å². The average molecular weight is 285 g/mol. The molecule has 1 aromatic carbocycles. The SMILES string of the molecule is Cc1nc(-c2cc(C(=O)O)c(C)c(C3CCCC3)c2)n[nH]1. The Morgan fingerprint density at radius 1 is 1.29 bits per heavy atom. The summed E-state index contributed by atoms with van der Waals surface area (Å²) in [5.41, 5.74) is 3.16. The van der Waals surface area contributed by atoms with Crippen molar-refractivity contribution in [2.75, 3.05) is 0 Å². The number of aromatic amines is 1. The molecule has 1 aromatic heterocycles. The van der Waals surface area contributed by atoms with E-state index in [2.05, 4.69) is 21.2 Å². The van der Waals surface area contributed by atoms with Crippen molar-refractivity contribution in [3.63, 3.8) is 0 Å². The van der Waals surface area contributed by atoms with Gasteiger partial charge in [-0.2, -0.15) is 5.10 Å². The number of H-pyrrole nitrogens is 1. The first-order chi connectivity index (χ1) is 10.1. The number of carboxylic acid groups (broad SMARTS) is 1. The summed E-state index contributed by atoms with van der Waals surface area (Å²) in [4.78, 5) is 15.8. The van der Waals surface area contributed by atoms with Gasteiger partial charge in [0.25, 0.3) is 0 Å². The van der Waals surface area contributed by atoms with Gasteiger partial charge in [-0.25, -0.2) is 9.78 Å². The number of carboxylic acids is 1. The second kappa shape index (κ2) is 5.31. The molecule has 2 aromatic rings. The summed E-state index contributed by atoms with van der Waals surface area (Å²) in [7, 11) is 0. The van der Waals surface area contributed by atoms with Crippen LogP contribution < -0.4 is 0 Å². The van der Waals surface area contributed by atoms with E-state index in [1.807, 2.05) is 13.8 Å². The fourth-order valence-electron chi connectivity index (χ4n) is 3.22. The van der Waals surface area contributed by atoms with Crippen LogP contribution >= 0.6 is 0 Å². The van der Waals surface area contributed by atoms with Crippen molar-refractivity contribution < 1.29 is 9.90 Å². The predicted molar refractivity (Wildman–Crippen MR) is 79.5 cm³/mol. The molecule has 0 spiro atoms. The van der Waals surface area contributed by atoms with E-state index in [0.717, 1.165) is 35.4 Å². The van der Waals surface area contributed by atoms with Crippen LogP contribution in [0.3, 0.4) is 0 Å². The normalized spacial score (nSPS) is 15.5. The molecule has 1 fully saturated rings. The lowest BCUT2D eigenvalue weighted by atomic mass is 9.88. The maximum Gasteiger partial charge on any atom is 0.335 e. The highest BCUT2D eigenvalue weighted by atomic mass is 16.4. The largest absolute Gasteiger partial charge is 0.478 e. The molecule has 0 amide bonds. The minimum Gasteiger partial charge on any atom is -0.478 e. The van der Waals surface area contributed by atoms with E-state index in [1.54, 1.807) is 6.07 Å². The summed E-state index contributed by atoms with van der Waals surface area (Å²) < 4.78 is 0. The molecule has 1 aliphatic carbocycles. The molecule has 0 radical (unpaired) electrons. The summed E-state index contributed by atoms with van der Waals surface area (Å²) in [6.45, 7) is 3.74. The summed E-state index contributed by atoms with van der Waals surface area (Å²) >= 11 is 0. The highest BCUT2D eigenvalue weighted by Crippen LogP contribution is 2.38. The Morgan fingerprint density at radius 3 is 2.57 bits per heavy atom. The van der Waals surface area contributed by atoms with Crippen LogP contribution in [-0.2, 0) is 0 Å². The molecule has 2 N–H and O–H groups in total. The molecule has 0 bridgehead atoms. The molecule has 3 rings (SSSR count). The van der Waals surface area contributed by atoms with Crippen LogP contribution in [0, 0.1) is 13.8 Å². The first-order valence-corrected chi connectivity index (χ1v) is 7.33. The van der Waals surface area contributed by atoms with Crippen LogP contribution in [0.2, 0.25) is 0 Å². The number of aromatic carboxylic acids is 1. The first kappa shape index (κ1) is 13.8. The van der Waals surface area contributed by atoms with Crippen LogP contribution in [0.15, 0.2) is 12.1 Å². The van der Waals surface area contributed by atoms with Gasteiger partial charge in [-0.15, -0.1) is 0 Å². The number of nitrogens with one attached hydrogen (secondary N) is 1. The number of benzene rings is 1. The third-order valence-corrected chi connectivity index (χ3v) is 4.33. The van der Waals surface area contributed by atoms with E-state index in [9.17, 15) is 9.90 Å². The van der Waals surface area contributed by atoms with Gasteiger partial charge in [0.15, 0.2) is 5.82 Å². The van der Waals surface area contributed by atoms with Crippen LogP contribution in [0.4, 0.5) is 0 Å². The Morgan fingerprint density at radius 2 is 2.00 bits per heavy atom. The van der Waals surface area contributed by atoms with Gasteiger partial charge in [-0.1, -0.05) is 12.8 Å². The molecule has 0 atom stereocenters. The molecule has 110 valence electrons. The topological polar surface area (TPSA) is 78.9 Å². The first-order valence-electron chi connectivity index (χ1n) is 7.33. The molecule has 1 heterocycles. The molecule has 0 saturated heterocycles. The highest BCUT2D eigenvalue weighted by Gasteiger charge is 2.23. The summed E-state index contributed by atoms with van der Waals surface area (Å²) in [5, 5.41) is 16.4. The molecule has 0 aliphatic heterocycles. The maximum atomic E-state index is 11.5. The van der Waals surface area contributed by atoms with Gasteiger partial charge in [-0.3, -0.25) is 5.10 Å². The van der Waals surface area contributed by atoms with Crippen molar-refractivity contribution in [2.45, 2.75) is 45.4 Å². The number of nitrogens with zero attached hydrogens (tertiary/aromatic N) is 2. The van der Waals surface area contributed by atoms with Gasteiger partial charge in [0.1, 0.15) is 5.82 Å². The van der Waals surface area contributed by atoms with Gasteiger partial charge in [-0.05, 0) is 55.9 Å². The zero-order valence-corrected chi connectivity index (χ0v) is 12.3. The minimum atomic E-state index is -0.888. The minimum absolute atomic E-state index is 0.358. The van der Waals surface area contributed by atoms with Gasteiger partial charge < -0.3 is 5.11 Å². The Bertz CT molecular complexity index is 685. The fourth-order valence-corrected chi connectivity index (χ4v) is 3.22. The molecule has 5 nitrogen and oxygen atoms in total. The molecule has 1 aliphatic rings. The van der Waals surface area contributed by atoms with Gasteiger partial charge in [0.2, 0.25) is 0 Å². The maximum absolute atomic E-state index is 11.5. The number of rotatable bonds is 3. The summed E-state index contributed by atoms with van der Waals surface area (Å²) in [6.07, 6.45) is 4.71. The highest BCUT2D eigenvalue weighted by molar-refractivity contribution is 5.91. The lowest BCUT2D eigenvalue weighted by Crippen LogP contribution is -2.06. The molecule has 21 heavy (non-hydrogen) atoms. The lowest BCUT2D eigenvalue weighted by Gasteiger charge is -2.16. The van der Waals surface area contributed by atoms with Crippen molar-refractivity contribution in [1.29, 1.82) is 0 Å². The molecular weight excluding hydrogens is 266 g/mol. The second-order valence-electron chi connectivity index (χ2n) is 5.77. The molecule has 1 saturated carbocycles. The van der Waals surface area contributed by atoms with Crippen LogP contribution in [-0.4, -0.2) is 26.3 Å². The smallest absolute Gasteiger partial charge is 0.335 e. The zero-order valence-electron chi connectivity index (χ0n) is 12.3. The standard InChI is InChI=1S/C16H19N3O2/c1-9-13(11-5-3-4-6-11)7-12(8-14(9)16(20)21)15-17-10(2)18-19-15/h7-8,11H,3-6H2,1-2H3,(H,20,21)(H,17,18,19). The summed E-state index contributed by atoms with van der Waals surface area (Å²) in [6, 6.07) is 3.75. The van der Waals surface area contributed by atoms with Gasteiger partial charge in [0.05, 0.1) is 5.56 Å². The number of aryl methyl sites for hydroxylation is 1. The van der Waals surface area contributed by atoms with E-state index in [-0.39, 0.29) is 0 Å². The number of hydrogen-bond acceptors (Lipinski definition) is 3. The quantitative estimate of drug-likeness (QED) is 0.905. The van der Waals surface area contributed by atoms with Crippen molar-refractivity contribution in [3.05, 3.63) is 34.6 Å². The zero-order chi connectivity index (χ0) is 15.0. The lowest BCUT2D eigenvalue weighted by molar-refractivity contribution is 0.0696. The van der Waals surface area contributed by atoms with Crippen LogP contribution in [0.25, 0.3) is 11.4 Å². The van der Waals surface area contributed by atoms with Crippen molar-refractivity contribution >= 4 is 5.97 Å². The summed E-state index contributed by atoms with van der Waals surface area (Å²) in [5.74, 6) is 0.864. The van der Waals surface area contributed by atoms with E-state index < -0.39 is 5.97 Å². The average Bonchev–Trinajstić information content (AvgIpc) is 3.10. The number of hydrogen-bond donors (Lipinski definition) is 2. The van der Waals surface area contributed by atoms with E-state index in [1.165, 1.54) is 12.8 Å². The van der Waals surface area contributed by atoms with Crippen LogP contribution in [0.5, 0.6) is 0 Å². The Kier molecular flexibility index (Phi) is 3.49. The third kappa shape index (κ3) is 2.55. The molecule has 5 heteroatoms. The van der Waals surface area contributed by atoms with Crippen molar-refractivity contribution in [2.24, 2.45) is 0 Å². The third-order valence-electron chi connectivity index (χ3n) is 4.33. The fraction of sp³-hybridized carbons (Fsp3) is 0.438. The molecule has 0 unspecified atom stereocenters. The Labute approximate surface area is 123 Å². The Hall–Kier alpha value is -2.17. The van der Waals surface area contributed by atoms with Crippen molar-refractivity contribution in [3.8, 4) is 11.4 Å². The van der Waals surface area contributed by atoms with E-state index in [0.29, 0.717) is 17.3 Å². The van der Waals surface area contributed by atoms with Crippen LogP contribution in [0.1, 0.15) is 58.9 Å². The monoisotopic (exact) mass is 285 g/mol. The Balaban J connectivity index is 2.14. The molecular formula is C16H19N3O2. The number of aromatic nitrogens is 3. The van der Waals surface area contributed by atoms with Crippen molar-refractivity contribution in [1.82, 2.24) is 15.2 Å². The van der Waals surface area contributed by atoms with E-state index in [4.69, 9.17) is 0 Å². The van der Waals surface area contributed by atoms with Gasteiger partial charge in [0, 0.05) is 5.56 Å². The second-order valence-corrected chi connectivity index (χ2v) is 5.77.